The molecule has 0 saturated carbocycles. The monoisotopic (exact) mass is 678 g/mol. The summed E-state index contributed by atoms with van der Waals surface area (Å²) < 4.78 is 0. The summed E-state index contributed by atoms with van der Waals surface area (Å²) in [6, 6.07) is 0.683. The molecule has 0 heterocycles. The van der Waals surface area contributed by atoms with Crippen LogP contribution in [0.25, 0.3) is 0 Å². The molecule has 0 radical (unpaired) electrons. The second-order valence-electron chi connectivity index (χ2n) is 11.9. The molecule has 5 atom stereocenters. The van der Waals surface area contributed by atoms with Crippen LogP contribution < -0.4 is 38.9 Å². The molecule has 0 saturated heterocycles. The standard InChI is InChI=1S/C31H50N8O9/c1-17(2)20(27(44)39-24(30(47)48)14-18-8-10-19(40)11-9-18)15-25(41)23(16-26(42)43)38-29(46)22(7-3-4-12-32)37-28(45)21(33)6-5-13-36-31(34)35/h8-11,17,20-24,40H,3-7,12-16,32-33H2,1-2H3,(H,37,45)(H,38,46)(H,39,44)(H,42,43)(H,47,48)(H4,34,35,36)/t20-,21-,22-,23-,24-/m0/s1. The van der Waals surface area contributed by atoms with Gasteiger partial charge < -0.3 is 54.2 Å². The Labute approximate surface area is 279 Å². The van der Waals surface area contributed by atoms with Gasteiger partial charge in [-0.25, -0.2) is 4.79 Å². The minimum Gasteiger partial charge on any atom is -0.508 e. The average molecular weight is 679 g/mol. The number of carbonyl (C=O) groups excluding carboxylic acids is 4. The van der Waals surface area contributed by atoms with Crippen LogP contribution in [0.4, 0.5) is 0 Å². The molecule has 0 aliphatic carbocycles. The first kappa shape index (κ1) is 41.3. The number of ketones is 1. The Balaban J connectivity index is 3.07. The van der Waals surface area contributed by atoms with E-state index in [-0.39, 0.29) is 37.5 Å². The van der Waals surface area contributed by atoms with Gasteiger partial charge in [0.05, 0.1) is 18.5 Å². The molecule has 14 N–H and O–H groups in total. The number of aromatic hydroxyl groups is 1. The summed E-state index contributed by atoms with van der Waals surface area (Å²) in [6.07, 6.45) is 0.263. The first-order chi connectivity index (χ1) is 22.5. The third-order valence-corrected chi connectivity index (χ3v) is 7.52. The lowest BCUT2D eigenvalue weighted by Gasteiger charge is -2.26. The van der Waals surface area contributed by atoms with Crippen molar-refractivity contribution in [3.63, 3.8) is 0 Å². The van der Waals surface area contributed by atoms with Crippen LogP contribution in [0.5, 0.6) is 5.75 Å². The quantitative estimate of drug-likeness (QED) is 0.0366. The van der Waals surface area contributed by atoms with Gasteiger partial charge in [0.2, 0.25) is 17.7 Å². The van der Waals surface area contributed by atoms with Crippen molar-refractivity contribution in [2.45, 2.75) is 89.4 Å². The van der Waals surface area contributed by atoms with Crippen LogP contribution in [0.1, 0.15) is 64.4 Å². The number of Topliss-reactive ketones (excluding diaryl/α,β-unsaturated/α-hetero) is 1. The van der Waals surface area contributed by atoms with Crippen molar-refractivity contribution in [3.8, 4) is 5.75 Å². The number of benzene rings is 1. The lowest BCUT2D eigenvalue weighted by Crippen LogP contribution is -2.55. The molecule has 0 aliphatic rings. The number of phenols is 1. The molecule has 0 fully saturated rings. The molecule has 0 bridgehead atoms. The Hall–Kier alpha value is -4.77. The number of aliphatic carboxylic acids is 2. The number of carbonyl (C=O) groups is 6. The number of phenolic OH excluding ortho intramolecular Hbond substituents is 1. The molecule has 0 spiro atoms. The highest BCUT2D eigenvalue weighted by Crippen LogP contribution is 2.19. The predicted molar refractivity (Wildman–Crippen MR) is 176 cm³/mol. The fourth-order valence-corrected chi connectivity index (χ4v) is 4.72. The van der Waals surface area contributed by atoms with Gasteiger partial charge in [-0.05, 0) is 62.3 Å². The van der Waals surface area contributed by atoms with Crippen molar-refractivity contribution in [1.82, 2.24) is 16.0 Å². The molecule has 1 aromatic carbocycles. The van der Waals surface area contributed by atoms with Crippen LogP contribution >= 0.6 is 0 Å². The summed E-state index contributed by atoms with van der Waals surface area (Å²) in [7, 11) is 0. The van der Waals surface area contributed by atoms with Crippen molar-refractivity contribution in [1.29, 1.82) is 0 Å². The fourth-order valence-electron chi connectivity index (χ4n) is 4.72. The van der Waals surface area contributed by atoms with E-state index in [1.165, 1.54) is 24.3 Å². The van der Waals surface area contributed by atoms with Crippen LogP contribution in [-0.2, 0) is 35.2 Å². The van der Waals surface area contributed by atoms with Gasteiger partial charge >= 0.3 is 11.9 Å². The van der Waals surface area contributed by atoms with E-state index in [9.17, 15) is 44.1 Å². The second-order valence-corrected chi connectivity index (χ2v) is 11.9. The van der Waals surface area contributed by atoms with E-state index in [2.05, 4.69) is 20.9 Å². The number of hydrogen-bond donors (Lipinski definition) is 10. The first-order valence-corrected chi connectivity index (χ1v) is 15.7. The number of hydrogen-bond acceptors (Lipinski definition) is 10. The second kappa shape index (κ2) is 21.2. The van der Waals surface area contributed by atoms with Crippen LogP contribution in [0, 0.1) is 11.8 Å². The smallest absolute Gasteiger partial charge is 0.326 e. The predicted octanol–water partition coefficient (Wildman–Crippen LogP) is -1.31. The summed E-state index contributed by atoms with van der Waals surface area (Å²) in [5.74, 6) is -7.37. The summed E-state index contributed by atoms with van der Waals surface area (Å²) in [5, 5.41) is 36.1. The third kappa shape index (κ3) is 15.7. The topological polar surface area (TPSA) is 316 Å². The zero-order valence-corrected chi connectivity index (χ0v) is 27.4. The van der Waals surface area contributed by atoms with Crippen molar-refractivity contribution in [2.75, 3.05) is 13.1 Å². The Morgan fingerprint density at radius 1 is 0.792 bits per heavy atom. The number of amides is 3. The Morgan fingerprint density at radius 3 is 1.94 bits per heavy atom. The van der Waals surface area contributed by atoms with Gasteiger partial charge in [-0.2, -0.15) is 0 Å². The lowest BCUT2D eigenvalue weighted by atomic mass is 9.87. The fraction of sp³-hybridized carbons (Fsp3) is 0.581. The minimum absolute atomic E-state index is 0.0140. The maximum Gasteiger partial charge on any atom is 0.326 e. The van der Waals surface area contributed by atoms with Crippen molar-refractivity contribution < 1.29 is 44.1 Å². The summed E-state index contributed by atoms with van der Waals surface area (Å²) in [5.41, 5.74) is 22.7. The van der Waals surface area contributed by atoms with Crippen LogP contribution in [0.15, 0.2) is 29.3 Å². The van der Waals surface area contributed by atoms with E-state index in [0.29, 0.717) is 31.4 Å². The number of guanidine groups is 1. The molecule has 1 aromatic rings. The molecule has 3 amide bonds. The number of rotatable bonds is 23. The molecule has 0 aromatic heterocycles. The first-order valence-electron chi connectivity index (χ1n) is 15.7. The van der Waals surface area contributed by atoms with Crippen molar-refractivity contribution >= 4 is 41.4 Å². The number of nitrogens with two attached hydrogens (primary N) is 4. The third-order valence-electron chi connectivity index (χ3n) is 7.52. The largest absolute Gasteiger partial charge is 0.508 e. The molecule has 48 heavy (non-hydrogen) atoms. The number of carboxylic acid groups (broad SMARTS) is 2. The number of nitrogens with zero attached hydrogens (tertiary/aromatic N) is 1. The number of aliphatic imine (C=N–C) groups is 1. The minimum atomic E-state index is -1.56. The van der Waals surface area contributed by atoms with Gasteiger partial charge in [0.15, 0.2) is 11.7 Å². The SMILES string of the molecule is CC(C)[C@H](CC(=O)[C@H](CC(=O)O)NC(=O)[C@H](CCCCN)NC(=O)[C@@H](N)CCCN=C(N)N)C(=O)N[C@@H](Cc1ccc(O)cc1)C(=O)O. The Bertz CT molecular complexity index is 1270. The van der Waals surface area contributed by atoms with E-state index < -0.39 is 84.3 Å². The van der Waals surface area contributed by atoms with Crippen LogP contribution in [0.3, 0.4) is 0 Å². The summed E-state index contributed by atoms with van der Waals surface area (Å²) in [6.45, 7) is 3.85. The van der Waals surface area contributed by atoms with Crippen LogP contribution in [-0.4, -0.2) is 94.0 Å². The van der Waals surface area contributed by atoms with E-state index in [1.807, 2.05) is 0 Å². The molecule has 0 aliphatic heterocycles. The molecule has 17 nitrogen and oxygen atoms in total. The molecule has 268 valence electrons. The van der Waals surface area contributed by atoms with Gasteiger partial charge in [-0.1, -0.05) is 26.0 Å². The number of carboxylic acids is 2. The lowest BCUT2D eigenvalue weighted by molar-refractivity contribution is -0.144. The van der Waals surface area contributed by atoms with E-state index in [4.69, 9.17) is 22.9 Å². The maximum atomic E-state index is 13.4. The van der Waals surface area contributed by atoms with E-state index >= 15 is 0 Å². The molecule has 1 rings (SSSR count). The summed E-state index contributed by atoms with van der Waals surface area (Å²) in [4.78, 5) is 80.3. The molecular weight excluding hydrogens is 628 g/mol. The highest BCUT2D eigenvalue weighted by atomic mass is 16.4. The van der Waals surface area contributed by atoms with Crippen molar-refractivity contribution in [3.05, 3.63) is 29.8 Å². The van der Waals surface area contributed by atoms with Gasteiger partial charge in [0, 0.05) is 25.3 Å². The van der Waals surface area contributed by atoms with Gasteiger partial charge in [-0.15, -0.1) is 0 Å². The highest BCUT2D eigenvalue weighted by molar-refractivity contribution is 5.97. The summed E-state index contributed by atoms with van der Waals surface area (Å²) >= 11 is 0. The maximum absolute atomic E-state index is 13.4. The van der Waals surface area contributed by atoms with E-state index in [0.717, 1.165) is 0 Å². The van der Waals surface area contributed by atoms with Gasteiger partial charge in [-0.3, -0.25) is 29.0 Å². The average Bonchev–Trinajstić information content (AvgIpc) is 3.00. The zero-order chi connectivity index (χ0) is 36.4. The van der Waals surface area contributed by atoms with Gasteiger partial charge in [0.25, 0.3) is 0 Å². The Morgan fingerprint density at radius 2 is 1.40 bits per heavy atom. The normalized spacial score (nSPS) is 14.1. The number of unbranched alkanes of at least 4 members (excludes halogenated alkanes) is 1. The zero-order valence-electron chi connectivity index (χ0n) is 27.4. The van der Waals surface area contributed by atoms with E-state index in [1.54, 1.807) is 13.8 Å². The molecular formula is C31H50N8O9. The van der Waals surface area contributed by atoms with Crippen molar-refractivity contribution in [2.24, 2.45) is 39.8 Å². The highest BCUT2D eigenvalue weighted by Gasteiger charge is 2.34. The number of nitrogens with one attached hydrogen (secondary N) is 3. The van der Waals surface area contributed by atoms with Gasteiger partial charge in [0.1, 0.15) is 17.8 Å². The Kier molecular flexibility index (Phi) is 18.2. The molecule has 0 unspecified atom stereocenters. The molecule has 17 heteroatoms. The van der Waals surface area contributed by atoms with Crippen LogP contribution in [0.2, 0.25) is 0 Å².